The van der Waals surface area contributed by atoms with E-state index in [1.807, 2.05) is 23.5 Å². The lowest BCUT2D eigenvalue weighted by atomic mass is 10.0. The van der Waals surface area contributed by atoms with Crippen molar-refractivity contribution in [3.8, 4) is 11.1 Å². The van der Waals surface area contributed by atoms with Gasteiger partial charge in [-0.05, 0) is 70.4 Å². The van der Waals surface area contributed by atoms with Crippen molar-refractivity contribution < 1.29 is 4.42 Å². The van der Waals surface area contributed by atoms with Crippen LogP contribution in [-0.2, 0) is 0 Å². The van der Waals surface area contributed by atoms with Gasteiger partial charge in [0, 0.05) is 42.3 Å². The Bertz CT molecular complexity index is 2480. The van der Waals surface area contributed by atoms with E-state index in [1.165, 1.54) is 42.1 Å². The number of benzene rings is 7. The van der Waals surface area contributed by atoms with E-state index in [1.54, 1.807) is 0 Å². The van der Waals surface area contributed by atoms with Gasteiger partial charge in [0.05, 0.1) is 5.69 Å². The lowest BCUT2D eigenvalue weighted by Crippen LogP contribution is -2.10. The largest absolute Gasteiger partial charge is 0.454 e. The molecule has 43 heavy (non-hydrogen) atoms. The van der Waals surface area contributed by atoms with Gasteiger partial charge in [0.25, 0.3) is 0 Å². The van der Waals surface area contributed by atoms with E-state index in [-0.39, 0.29) is 0 Å². The van der Waals surface area contributed by atoms with Crippen LogP contribution in [0, 0.1) is 0 Å². The third-order valence-corrected chi connectivity index (χ3v) is 9.57. The van der Waals surface area contributed by atoms with E-state index in [0.717, 1.165) is 39.0 Å². The fourth-order valence-corrected chi connectivity index (χ4v) is 7.52. The van der Waals surface area contributed by atoms with Crippen molar-refractivity contribution in [1.29, 1.82) is 0 Å². The number of furan rings is 1. The Balaban J connectivity index is 1.28. The Labute approximate surface area is 252 Å². The highest BCUT2D eigenvalue weighted by molar-refractivity contribution is 7.25. The van der Waals surface area contributed by atoms with Gasteiger partial charge in [0.1, 0.15) is 5.58 Å². The lowest BCUT2D eigenvalue weighted by molar-refractivity contribution is 0.669. The standard InChI is InChI=1S/C40H25NOS/c1-2-10-27-23-29(20-19-26(27)9-1)28-11-7-12-30(24-28)41(31-21-22-34-33-14-4-6-18-38(33)43-39(34)25-31)36-16-8-15-35-32-13-3-5-17-37(32)42-40(35)36/h1-25H. The number of fused-ring (bicyclic) bond motifs is 7. The van der Waals surface area contributed by atoms with Gasteiger partial charge >= 0.3 is 0 Å². The Morgan fingerprint density at radius 3 is 2.12 bits per heavy atom. The number of thiophene rings is 1. The van der Waals surface area contributed by atoms with Crippen LogP contribution in [0.15, 0.2) is 156 Å². The van der Waals surface area contributed by atoms with Crippen LogP contribution in [0.3, 0.4) is 0 Å². The molecule has 3 heteroatoms. The molecule has 0 fully saturated rings. The summed E-state index contributed by atoms with van der Waals surface area (Å²) in [4.78, 5) is 2.35. The second-order valence-electron chi connectivity index (χ2n) is 11.0. The molecule has 0 radical (unpaired) electrons. The normalized spacial score (nSPS) is 11.7. The predicted molar refractivity (Wildman–Crippen MR) is 184 cm³/mol. The van der Waals surface area contributed by atoms with Gasteiger partial charge in [-0.25, -0.2) is 0 Å². The van der Waals surface area contributed by atoms with Crippen LogP contribution in [0.5, 0.6) is 0 Å². The zero-order valence-corrected chi connectivity index (χ0v) is 24.0. The SMILES string of the molecule is c1cc(-c2ccc3ccccc3c2)cc(N(c2ccc3c(c2)sc2ccccc23)c2cccc3c2oc2ccccc23)c1. The minimum Gasteiger partial charge on any atom is -0.454 e. The predicted octanol–water partition coefficient (Wildman–Crippen LogP) is 12.2. The summed E-state index contributed by atoms with van der Waals surface area (Å²) in [6.45, 7) is 0. The second kappa shape index (κ2) is 9.59. The summed E-state index contributed by atoms with van der Waals surface area (Å²) in [6, 6.07) is 54.3. The molecule has 9 rings (SSSR count). The van der Waals surface area contributed by atoms with Crippen molar-refractivity contribution in [2.24, 2.45) is 0 Å². The number of hydrogen-bond donors (Lipinski definition) is 0. The monoisotopic (exact) mass is 567 g/mol. The molecule has 0 saturated carbocycles. The van der Waals surface area contributed by atoms with Gasteiger partial charge in [-0.3, -0.25) is 0 Å². The maximum absolute atomic E-state index is 6.57. The average Bonchev–Trinajstić information content (AvgIpc) is 3.63. The zero-order valence-electron chi connectivity index (χ0n) is 23.2. The molecule has 0 atom stereocenters. The first kappa shape index (κ1) is 24.2. The third kappa shape index (κ3) is 3.93. The van der Waals surface area contributed by atoms with Crippen molar-refractivity contribution in [2.45, 2.75) is 0 Å². The Morgan fingerprint density at radius 2 is 1.16 bits per heavy atom. The van der Waals surface area contributed by atoms with E-state index in [2.05, 4.69) is 144 Å². The molecule has 202 valence electrons. The van der Waals surface area contributed by atoms with Crippen molar-refractivity contribution in [1.82, 2.24) is 0 Å². The van der Waals surface area contributed by atoms with E-state index in [0.29, 0.717) is 0 Å². The van der Waals surface area contributed by atoms with E-state index < -0.39 is 0 Å². The van der Waals surface area contributed by atoms with Gasteiger partial charge in [-0.1, -0.05) is 103 Å². The summed E-state index contributed by atoms with van der Waals surface area (Å²) < 4.78 is 9.14. The van der Waals surface area contributed by atoms with Crippen LogP contribution in [0.1, 0.15) is 0 Å². The molecule has 2 aromatic heterocycles. The number of anilines is 3. The van der Waals surface area contributed by atoms with Crippen LogP contribution >= 0.6 is 11.3 Å². The van der Waals surface area contributed by atoms with Gasteiger partial charge < -0.3 is 9.32 Å². The molecule has 0 N–H and O–H groups in total. The third-order valence-electron chi connectivity index (χ3n) is 8.43. The minimum atomic E-state index is 0.885. The highest BCUT2D eigenvalue weighted by atomic mass is 32.1. The first-order valence-corrected chi connectivity index (χ1v) is 15.3. The van der Waals surface area contributed by atoms with Crippen LogP contribution in [0.2, 0.25) is 0 Å². The van der Waals surface area contributed by atoms with E-state index in [9.17, 15) is 0 Å². The molecule has 0 aliphatic heterocycles. The quantitative estimate of drug-likeness (QED) is 0.210. The molecule has 0 aliphatic rings. The van der Waals surface area contributed by atoms with Crippen molar-refractivity contribution in [2.75, 3.05) is 4.90 Å². The summed E-state index contributed by atoms with van der Waals surface area (Å²) in [6.07, 6.45) is 0. The smallest absolute Gasteiger partial charge is 0.159 e. The average molecular weight is 568 g/mol. The molecule has 0 spiro atoms. The maximum atomic E-state index is 6.57. The molecule has 0 saturated heterocycles. The highest BCUT2D eigenvalue weighted by Gasteiger charge is 2.20. The van der Waals surface area contributed by atoms with E-state index >= 15 is 0 Å². The zero-order chi connectivity index (χ0) is 28.3. The molecular weight excluding hydrogens is 543 g/mol. The van der Waals surface area contributed by atoms with Crippen molar-refractivity contribution in [3.05, 3.63) is 152 Å². The molecule has 0 aliphatic carbocycles. The Kier molecular flexibility index (Phi) is 5.40. The number of para-hydroxylation sites is 2. The van der Waals surface area contributed by atoms with Gasteiger partial charge in [-0.2, -0.15) is 0 Å². The van der Waals surface area contributed by atoms with Gasteiger partial charge in [-0.15, -0.1) is 11.3 Å². The number of hydrogen-bond acceptors (Lipinski definition) is 3. The summed E-state index contributed by atoms with van der Waals surface area (Å²) in [5.41, 5.74) is 7.35. The van der Waals surface area contributed by atoms with E-state index in [4.69, 9.17) is 4.42 Å². The maximum Gasteiger partial charge on any atom is 0.159 e. The fraction of sp³-hybridized carbons (Fsp3) is 0. The summed E-state index contributed by atoms with van der Waals surface area (Å²) in [7, 11) is 0. The van der Waals surface area contributed by atoms with Crippen LogP contribution < -0.4 is 4.90 Å². The summed E-state index contributed by atoms with van der Waals surface area (Å²) >= 11 is 1.84. The molecule has 9 aromatic rings. The molecule has 7 aromatic carbocycles. The van der Waals surface area contributed by atoms with Gasteiger partial charge in [0.15, 0.2) is 5.58 Å². The summed E-state index contributed by atoms with van der Waals surface area (Å²) in [5, 5.41) is 7.33. The number of rotatable bonds is 4. The lowest BCUT2D eigenvalue weighted by Gasteiger charge is -2.26. The fourth-order valence-electron chi connectivity index (χ4n) is 6.38. The molecule has 2 heterocycles. The molecule has 2 nitrogen and oxygen atoms in total. The topological polar surface area (TPSA) is 16.4 Å². The van der Waals surface area contributed by atoms with Gasteiger partial charge in [0.2, 0.25) is 0 Å². The Morgan fingerprint density at radius 1 is 0.442 bits per heavy atom. The second-order valence-corrected chi connectivity index (χ2v) is 12.1. The van der Waals surface area contributed by atoms with Crippen molar-refractivity contribution >= 4 is 81.3 Å². The molecular formula is C40H25NOS. The van der Waals surface area contributed by atoms with Crippen LogP contribution in [-0.4, -0.2) is 0 Å². The highest BCUT2D eigenvalue weighted by Crippen LogP contribution is 2.45. The molecule has 0 unspecified atom stereocenters. The molecule has 0 bridgehead atoms. The van der Waals surface area contributed by atoms with Crippen LogP contribution in [0.4, 0.5) is 17.1 Å². The number of nitrogens with zero attached hydrogens (tertiary/aromatic N) is 1. The minimum absolute atomic E-state index is 0.885. The Hall–Kier alpha value is -5.38. The molecule has 0 amide bonds. The summed E-state index contributed by atoms with van der Waals surface area (Å²) in [5.74, 6) is 0. The first-order chi connectivity index (χ1) is 21.3. The first-order valence-electron chi connectivity index (χ1n) is 14.5. The van der Waals surface area contributed by atoms with Crippen LogP contribution in [0.25, 0.3) is 64.0 Å². The van der Waals surface area contributed by atoms with Crippen molar-refractivity contribution in [3.63, 3.8) is 0 Å².